The van der Waals surface area contributed by atoms with Crippen LogP contribution in [0.25, 0.3) is 0 Å². The largest absolute Gasteiger partial charge is 0.330 e. The maximum Gasteiger partial charge on any atom is 0.209 e. The minimum atomic E-state index is 0.853. The van der Waals surface area contributed by atoms with E-state index < -0.39 is 0 Å². The van der Waals surface area contributed by atoms with E-state index in [-0.39, 0.29) is 0 Å². The fourth-order valence-electron chi connectivity index (χ4n) is 2.83. The van der Waals surface area contributed by atoms with Crippen molar-refractivity contribution in [3.63, 3.8) is 0 Å². The monoisotopic (exact) mass is 335 g/mol. The van der Waals surface area contributed by atoms with Crippen molar-refractivity contribution < 1.29 is 4.90 Å². The highest BCUT2D eigenvalue weighted by atomic mass is 32.1. The van der Waals surface area contributed by atoms with Crippen molar-refractivity contribution in [2.75, 3.05) is 18.4 Å². The van der Waals surface area contributed by atoms with Crippen molar-refractivity contribution in [1.82, 2.24) is 9.78 Å². The number of rotatable bonds is 5. The molecule has 0 aliphatic carbocycles. The molecule has 2 aromatic rings. The molecular formula is C16H23N4S2+. The van der Waals surface area contributed by atoms with Gasteiger partial charge in [-0.25, -0.2) is 0 Å². The van der Waals surface area contributed by atoms with E-state index in [0.29, 0.717) is 0 Å². The predicted molar refractivity (Wildman–Crippen MR) is 94.6 cm³/mol. The number of aryl methyl sites for hydroxylation is 1. The molecule has 1 saturated heterocycles. The third-order valence-electron chi connectivity index (χ3n) is 4.15. The molecule has 1 aromatic carbocycles. The van der Waals surface area contributed by atoms with Crippen LogP contribution in [0.4, 0.5) is 10.8 Å². The summed E-state index contributed by atoms with van der Waals surface area (Å²) in [6.07, 6.45) is 5.07. The highest BCUT2D eigenvalue weighted by Gasteiger charge is 2.15. The van der Waals surface area contributed by atoms with Crippen LogP contribution in [0.1, 0.15) is 31.7 Å². The SMILES string of the molecule is CCc1ccc(Nc2nn(C[NH+]3CCCCC3)c(=S)s2)cc1. The minimum Gasteiger partial charge on any atom is -0.330 e. The maximum absolute atomic E-state index is 5.46. The lowest BCUT2D eigenvalue weighted by Crippen LogP contribution is -3.12. The number of hydrogen-bond acceptors (Lipinski definition) is 4. The first-order valence-corrected chi connectivity index (χ1v) is 9.24. The third kappa shape index (κ3) is 3.94. The standard InChI is InChI=1S/C16H22N4S2/c1-2-13-6-8-14(9-7-13)17-15-18-20(16(21)22-15)12-19-10-4-3-5-11-19/h6-9H,2-5,10-12H2,1H3,(H,17,18)/p+1. The highest BCUT2D eigenvalue weighted by molar-refractivity contribution is 7.73. The van der Waals surface area contributed by atoms with Crippen molar-refractivity contribution >= 4 is 34.4 Å². The van der Waals surface area contributed by atoms with Crippen molar-refractivity contribution in [2.45, 2.75) is 39.3 Å². The molecule has 2 N–H and O–H groups in total. The van der Waals surface area contributed by atoms with Gasteiger partial charge in [0, 0.05) is 5.69 Å². The topological polar surface area (TPSA) is 34.3 Å². The van der Waals surface area contributed by atoms with Crippen molar-refractivity contribution in [1.29, 1.82) is 0 Å². The summed E-state index contributed by atoms with van der Waals surface area (Å²) in [5, 5.41) is 8.89. The molecule has 4 nitrogen and oxygen atoms in total. The van der Waals surface area contributed by atoms with Gasteiger partial charge in [-0.15, -0.1) is 5.10 Å². The molecule has 3 rings (SSSR count). The summed E-state index contributed by atoms with van der Waals surface area (Å²) in [5.41, 5.74) is 2.41. The van der Waals surface area contributed by atoms with Crippen LogP contribution in [0.5, 0.6) is 0 Å². The van der Waals surface area contributed by atoms with E-state index in [1.54, 1.807) is 16.2 Å². The van der Waals surface area contributed by atoms with Gasteiger partial charge >= 0.3 is 0 Å². The number of nitrogens with zero attached hydrogens (tertiary/aromatic N) is 2. The van der Waals surface area contributed by atoms with Gasteiger partial charge in [0.05, 0.1) is 13.1 Å². The molecule has 22 heavy (non-hydrogen) atoms. The molecule has 0 saturated carbocycles. The van der Waals surface area contributed by atoms with Crippen LogP contribution in [0.15, 0.2) is 24.3 Å². The van der Waals surface area contributed by atoms with Crippen LogP contribution in [-0.2, 0) is 13.1 Å². The molecule has 2 heterocycles. The van der Waals surface area contributed by atoms with Crippen LogP contribution >= 0.6 is 23.6 Å². The number of quaternary nitrogens is 1. The second kappa shape index (κ2) is 7.35. The van der Waals surface area contributed by atoms with Crippen molar-refractivity contribution in [3.8, 4) is 0 Å². The molecule has 0 unspecified atom stereocenters. The smallest absolute Gasteiger partial charge is 0.209 e. The molecule has 1 aliphatic heterocycles. The first kappa shape index (κ1) is 15.6. The summed E-state index contributed by atoms with van der Waals surface area (Å²) in [6, 6.07) is 8.50. The van der Waals surface area contributed by atoms with Gasteiger partial charge in [0.2, 0.25) is 5.13 Å². The van der Waals surface area contributed by atoms with Gasteiger partial charge in [0.1, 0.15) is 0 Å². The summed E-state index contributed by atoms with van der Waals surface area (Å²) < 4.78 is 2.83. The Morgan fingerprint density at radius 2 is 1.95 bits per heavy atom. The lowest BCUT2D eigenvalue weighted by Gasteiger charge is -2.22. The Morgan fingerprint density at radius 3 is 2.64 bits per heavy atom. The van der Waals surface area contributed by atoms with Gasteiger partial charge in [-0.2, -0.15) is 4.68 Å². The summed E-state index contributed by atoms with van der Waals surface area (Å²) in [5.74, 6) is 0. The third-order valence-corrected chi connectivity index (χ3v) is 5.38. The molecule has 1 aromatic heterocycles. The first-order valence-electron chi connectivity index (χ1n) is 8.02. The van der Waals surface area contributed by atoms with Crippen LogP contribution in [0.2, 0.25) is 0 Å². The number of aromatic nitrogens is 2. The van der Waals surface area contributed by atoms with E-state index in [0.717, 1.165) is 27.9 Å². The molecule has 1 fully saturated rings. The molecular weight excluding hydrogens is 312 g/mol. The van der Waals surface area contributed by atoms with Gasteiger partial charge < -0.3 is 10.2 Å². The van der Waals surface area contributed by atoms with Crippen molar-refractivity contribution in [2.24, 2.45) is 0 Å². The first-order chi connectivity index (χ1) is 10.7. The number of anilines is 2. The maximum atomic E-state index is 5.46. The molecule has 0 atom stereocenters. The van der Waals surface area contributed by atoms with E-state index in [1.807, 2.05) is 4.68 Å². The predicted octanol–water partition coefficient (Wildman–Crippen LogP) is 3.01. The van der Waals surface area contributed by atoms with E-state index in [4.69, 9.17) is 12.2 Å². The van der Waals surface area contributed by atoms with E-state index >= 15 is 0 Å². The zero-order chi connectivity index (χ0) is 15.4. The average molecular weight is 336 g/mol. The minimum absolute atomic E-state index is 0.853. The molecule has 0 radical (unpaired) electrons. The summed E-state index contributed by atoms with van der Waals surface area (Å²) in [7, 11) is 0. The van der Waals surface area contributed by atoms with Gasteiger partial charge in [0.25, 0.3) is 0 Å². The zero-order valence-corrected chi connectivity index (χ0v) is 14.6. The Kier molecular flexibility index (Phi) is 5.23. The molecule has 6 heteroatoms. The lowest BCUT2D eigenvalue weighted by atomic mass is 10.1. The number of nitrogens with one attached hydrogen (secondary N) is 2. The molecule has 0 spiro atoms. The Balaban J connectivity index is 1.67. The lowest BCUT2D eigenvalue weighted by molar-refractivity contribution is -0.928. The van der Waals surface area contributed by atoms with Crippen LogP contribution < -0.4 is 10.2 Å². The fourth-order valence-corrected chi connectivity index (χ4v) is 3.85. The highest BCUT2D eigenvalue weighted by Crippen LogP contribution is 2.20. The number of benzene rings is 1. The second-order valence-electron chi connectivity index (χ2n) is 5.82. The number of hydrogen-bond donors (Lipinski definition) is 2. The average Bonchev–Trinajstić information content (AvgIpc) is 2.88. The van der Waals surface area contributed by atoms with Gasteiger partial charge in [-0.05, 0) is 55.6 Å². The Morgan fingerprint density at radius 1 is 1.23 bits per heavy atom. The number of piperidine rings is 1. The number of likely N-dealkylation sites (tertiary alicyclic amines) is 1. The van der Waals surface area contributed by atoms with Crippen LogP contribution in [-0.4, -0.2) is 22.9 Å². The zero-order valence-electron chi connectivity index (χ0n) is 13.0. The van der Waals surface area contributed by atoms with Crippen LogP contribution in [0.3, 0.4) is 0 Å². The summed E-state index contributed by atoms with van der Waals surface area (Å²) >= 11 is 7.01. The molecule has 0 bridgehead atoms. The van der Waals surface area contributed by atoms with E-state index in [2.05, 4.69) is 41.6 Å². The molecule has 1 aliphatic rings. The fraction of sp³-hybridized carbons (Fsp3) is 0.500. The van der Waals surface area contributed by atoms with E-state index in [1.165, 1.54) is 37.9 Å². The molecule has 118 valence electrons. The van der Waals surface area contributed by atoms with Gasteiger partial charge in [-0.3, -0.25) is 0 Å². The van der Waals surface area contributed by atoms with Crippen LogP contribution in [0, 0.1) is 3.95 Å². The Bertz CT molecular complexity index is 654. The Hall–Kier alpha value is -1.24. The van der Waals surface area contributed by atoms with Gasteiger partial charge in [-0.1, -0.05) is 30.4 Å². The second-order valence-corrected chi connectivity index (χ2v) is 7.44. The van der Waals surface area contributed by atoms with Crippen molar-refractivity contribution in [3.05, 3.63) is 33.8 Å². The summed E-state index contributed by atoms with van der Waals surface area (Å²) in [6.45, 7) is 5.53. The molecule has 0 amide bonds. The Labute approximate surface area is 140 Å². The quantitative estimate of drug-likeness (QED) is 0.824. The summed E-state index contributed by atoms with van der Waals surface area (Å²) in [4.78, 5) is 1.59. The van der Waals surface area contributed by atoms with Gasteiger partial charge in [0.15, 0.2) is 10.6 Å². The van der Waals surface area contributed by atoms with E-state index in [9.17, 15) is 0 Å². The normalized spacial score (nSPS) is 15.9.